The quantitative estimate of drug-likeness (QED) is 0.750. The number of esters is 1. The van der Waals surface area contributed by atoms with Gasteiger partial charge in [0, 0.05) is 37.8 Å². The smallest absolute Gasteiger partial charge is 0.302 e. The molecular weight excluding hydrogens is 288 g/mol. The fourth-order valence-electron chi connectivity index (χ4n) is 4.06. The lowest BCUT2D eigenvalue weighted by atomic mass is 10.1. The van der Waals surface area contributed by atoms with Crippen LogP contribution in [0.5, 0.6) is 0 Å². The molecule has 3 atom stereocenters. The SMILES string of the molecule is CC(=O)OC1CC2=CNC3CC3CCCCCCCCCN2C1. The van der Waals surface area contributed by atoms with Gasteiger partial charge in [-0.25, -0.2) is 0 Å². The Morgan fingerprint density at radius 1 is 1.17 bits per heavy atom. The molecule has 23 heavy (non-hydrogen) atoms. The second-order valence-electron chi connectivity index (χ2n) is 7.55. The third kappa shape index (κ3) is 5.15. The minimum atomic E-state index is -0.159. The van der Waals surface area contributed by atoms with Crippen molar-refractivity contribution in [2.45, 2.75) is 83.3 Å². The van der Waals surface area contributed by atoms with Crippen LogP contribution in [0.15, 0.2) is 11.9 Å². The van der Waals surface area contributed by atoms with Gasteiger partial charge in [-0.3, -0.25) is 4.79 Å². The summed E-state index contributed by atoms with van der Waals surface area (Å²) in [7, 11) is 0. The van der Waals surface area contributed by atoms with E-state index >= 15 is 0 Å². The van der Waals surface area contributed by atoms with Crippen molar-refractivity contribution in [3.63, 3.8) is 0 Å². The van der Waals surface area contributed by atoms with Crippen molar-refractivity contribution in [3.05, 3.63) is 11.9 Å². The lowest BCUT2D eigenvalue weighted by molar-refractivity contribution is -0.145. The number of hydrogen-bond donors (Lipinski definition) is 1. The molecule has 3 unspecified atom stereocenters. The van der Waals surface area contributed by atoms with Crippen LogP contribution < -0.4 is 5.32 Å². The molecule has 0 radical (unpaired) electrons. The van der Waals surface area contributed by atoms with E-state index in [9.17, 15) is 4.79 Å². The molecule has 1 aliphatic carbocycles. The van der Waals surface area contributed by atoms with Crippen molar-refractivity contribution in [2.75, 3.05) is 13.1 Å². The van der Waals surface area contributed by atoms with Crippen LogP contribution >= 0.6 is 0 Å². The van der Waals surface area contributed by atoms with Crippen molar-refractivity contribution < 1.29 is 9.53 Å². The van der Waals surface area contributed by atoms with Crippen LogP contribution in [-0.2, 0) is 9.53 Å². The molecule has 1 N–H and O–H groups in total. The molecule has 0 aromatic carbocycles. The fourth-order valence-corrected chi connectivity index (χ4v) is 4.06. The lowest BCUT2D eigenvalue weighted by Gasteiger charge is -2.20. The van der Waals surface area contributed by atoms with Gasteiger partial charge >= 0.3 is 5.97 Å². The van der Waals surface area contributed by atoms with Crippen molar-refractivity contribution >= 4 is 5.97 Å². The zero-order valence-corrected chi connectivity index (χ0v) is 14.6. The molecule has 4 nitrogen and oxygen atoms in total. The number of fused-ring (bicyclic) bond motifs is 2. The van der Waals surface area contributed by atoms with Gasteiger partial charge in [-0.2, -0.15) is 0 Å². The van der Waals surface area contributed by atoms with Crippen molar-refractivity contribution in [1.82, 2.24) is 10.2 Å². The van der Waals surface area contributed by atoms with Gasteiger partial charge < -0.3 is 15.0 Å². The zero-order chi connectivity index (χ0) is 16.1. The largest absolute Gasteiger partial charge is 0.460 e. The van der Waals surface area contributed by atoms with Crippen molar-refractivity contribution in [3.8, 4) is 0 Å². The number of carbonyl (C=O) groups is 1. The van der Waals surface area contributed by atoms with E-state index in [1.165, 1.54) is 70.4 Å². The van der Waals surface area contributed by atoms with Crippen LogP contribution in [0.3, 0.4) is 0 Å². The van der Waals surface area contributed by atoms with Crippen molar-refractivity contribution in [2.24, 2.45) is 5.92 Å². The predicted molar refractivity (Wildman–Crippen MR) is 91.8 cm³/mol. The molecule has 0 spiro atoms. The van der Waals surface area contributed by atoms with Crippen LogP contribution in [0.4, 0.5) is 0 Å². The Balaban J connectivity index is 1.58. The number of carbonyl (C=O) groups excluding carboxylic acids is 1. The van der Waals surface area contributed by atoms with E-state index in [1.54, 1.807) is 0 Å². The zero-order valence-electron chi connectivity index (χ0n) is 14.6. The second kappa shape index (κ2) is 8.07. The summed E-state index contributed by atoms with van der Waals surface area (Å²) in [6, 6.07) is 0.683. The predicted octanol–water partition coefficient (Wildman–Crippen LogP) is 3.58. The standard InChI is InChI=1S/C19H32N2O2/c1-15(22)23-18-12-17-13-20-19-11-16(19)9-7-5-3-2-4-6-8-10-21(17)14-18/h13,16,18-20H,2-12,14H2,1H3. The maximum atomic E-state index is 11.2. The molecule has 1 saturated carbocycles. The van der Waals surface area contributed by atoms with E-state index in [0.29, 0.717) is 6.04 Å². The van der Waals surface area contributed by atoms with Gasteiger partial charge in [-0.1, -0.05) is 38.5 Å². The van der Waals surface area contributed by atoms with Gasteiger partial charge in [-0.15, -0.1) is 0 Å². The fraction of sp³-hybridized carbons (Fsp3) is 0.842. The normalized spacial score (nSPS) is 32.5. The molecule has 3 rings (SSSR count). The molecule has 130 valence electrons. The van der Waals surface area contributed by atoms with E-state index in [2.05, 4.69) is 16.4 Å². The molecular formula is C19H32N2O2. The molecule has 1 saturated heterocycles. The number of hydrogen-bond acceptors (Lipinski definition) is 4. The number of nitrogens with one attached hydrogen (secondary N) is 1. The van der Waals surface area contributed by atoms with E-state index in [4.69, 9.17) is 4.74 Å². The summed E-state index contributed by atoms with van der Waals surface area (Å²) in [6.45, 7) is 3.47. The van der Waals surface area contributed by atoms with Gasteiger partial charge in [0.15, 0.2) is 0 Å². The Morgan fingerprint density at radius 2 is 1.91 bits per heavy atom. The summed E-state index contributed by atoms with van der Waals surface area (Å²) in [5, 5.41) is 3.63. The lowest BCUT2D eigenvalue weighted by Crippen LogP contribution is -2.25. The maximum absolute atomic E-state index is 11.2. The minimum Gasteiger partial charge on any atom is -0.460 e. The molecule has 0 aromatic heterocycles. The maximum Gasteiger partial charge on any atom is 0.302 e. The van der Waals surface area contributed by atoms with Crippen LogP contribution in [0.1, 0.15) is 71.1 Å². The first-order chi connectivity index (χ1) is 11.2. The summed E-state index contributed by atoms with van der Waals surface area (Å²) >= 11 is 0. The van der Waals surface area contributed by atoms with E-state index in [-0.39, 0.29) is 12.1 Å². The average Bonchev–Trinajstić information content (AvgIpc) is 3.15. The van der Waals surface area contributed by atoms with Gasteiger partial charge in [0.2, 0.25) is 0 Å². The van der Waals surface area contributed by atoms with Crippen molar-refractivity contribution in [1.29, 1.82) is 0 Å². The monoisotopic (exact) mass is 320 g/mol. The van der Waals surface area contributed by atoms with Gasteiger partial charge in [0.1, 0.15) is 6.10 Å². The van der Waals surface area contributed by atoms with Crippen LogP contribution in [0.2, 0.25) is 0 Å². The Morgan fingerprint density at radius 3 is 2.70 bits per heavy atom. The first-order valence-electron chi connectivity index (χ1n) is 9.59. The van der Waals surface area contributed by atoms with Gasteiger partial charge in [-0.05, 0) is 25.2 Å². The summed E-state index contributed by atoms with van der Waals surface area (Å²) < 4.78 is 5.44. The molecule has 2 heterocycles. The third-order valence-electron chi connectivity index (χ3n) is 5.49. The number of ether oxygens (including phenoxy) is 1. The van der Waals surface area contributed by atoms with Crippen LogP contribution in [-0.4, -0.2) is 36.1 Å². The van der Waals surface area contributed by atoms with E-state index < -0.39 is 0 Å². The Kier molecular flexibility index (Phi) is 5.85. The topological polar surface area (TPSA) is 41.6 Å². The first-order valence-corrected chi connectivity index (χ1v) is 9.59. The number of nitrogens with zero attached hydrogens (tertiary/aromatic N) is 1. The number of rotatable bonds is 1. The highest BCUT2D eigenvalue weighted by Gasteiger charge is 2.36. The Labute approximate surface area is 140 Å². The Hall–Kier alpha value is -1.19. The van der Waals surface area contributed by atoms with Crippen LogP contribution in [0.25, 0.3) is 0 Å². The van der Waals surface area contributed by atoms with Gasteiger partial charge in [0.25, 0.3) is 0 Å². The van der Waals surface area contributed by atoms with Crippen LogP contribution in [0, 0.1) is 5.92 Å². The summed E-state index contributed by atoms with van der Waals surface area (Å²) in [5.41, 5.74) is 1.33. The van der Waals surface area contributed by atoms with Gasteiger partial charge in [0.05, 0.1) is 6.54 Å². The molecule has 0 aromatic rings. The second-order valence-corrected chi connectivity index (χ2v) is 7.55. The van der Waals surface area contributed by atoms with E-state index in [0.717, 1.165) is 25.4 Å². The molecule has 2 aliphatic heterocycles. The molecule has 4 heteroatoms. The third-order valence-corrected chi connectivity index (χ3v) is 5.49. The molecule has 0 amide bonds. The highest BCUT2D eigenvalue weighted by Crippen LogP contribution is 2.36. The molecule has 2 fully saturated rings. The highest BCUT2D eigenvalue weighted by molar-refractivity contribution is 5.66. The van der Waals surface area contributed by atoms with E-state index in [1.807, 2.05) is 0 Å². The highest BCUT2D eigenvalue weighted by atomic mass is 16.5. The summed E-state index contributed by atoms with van der Waals surface area (Å²) in [5.74, 6) is 0.727. The minimum absolute atomic E-state index is 0.0365. The molecule has 3 aliphatic rings. The average molecular weight is 320 g/mol. The summed E-state index contributed by atoms with van der Waals surface area (Å²) in [6.07, 6.45) is 15.4. The molecule has 0 bridgehead atoms. The first kappa shape index (κ1) is 16.7. The Bertz CT molecular complexity index is 435. The summed E-state index contributed by atoms with van der Waals surface area (Å²) in [4.78, 5) is 13.7.